The van der Waals surface area contributed by atoms with Crippen LogP contribution in [0.3, 0.4) is 0 Å². The van der Waals surface area contributed by atoms with Crippen LogP contribution in [0.15, 0.2) is 65.6 Å². The van der Waals surface area contributed by atoms with Crippen molar-refractivity contribution in [2.75, 3.05) is 18.4 Å². The van der Waals surface area contributed by atoms with E-state index in [-0.39, 0.29) is 22.6 Å². The number of nitrogens with one attached hydrogen (secondary N) is 1. The zero-order valence-electron chi connectivity index (χ0n) is 15.8. The van der Waals surface area contributed by atoms with Gasteiger partial charge in [0.2, 0.25) is 21.8 Å². The van der Waals surface area contributed by atoms with Gasteiger partial charge in [0, 0.05) is 24.9 Å². The first-order chi connectivity index (χ1) is 13.8. The van der Waals surface area contributed by atoms with Crippen LogP contribution < -0.4 is 10.5 Å². The highest BCUT2D eigenvalue weighted by molar-refractivity contribution is 7.89. The van der Waals surface area contributed by atoms with Crippen molar-refractivity contribution >= 4 is 33.6 Å². The largest absolute Gasteiger partial charge is 0.338 e. The predicted octanol–water partition coefficient (Wildman–Crippen LogP) is 2.22. The molecule has 1 aliphatic rings. The summed E-state index contributed by atoms with van der Waals surface area (Å²) in [4.78, 5) is 26.7. The number of sulfonamides is 1. The lowest BCUT2D eigenvalue weighted by Gasteiger charge is -2.31. The second-order valence-electron chi connectivity index (χ2n) is 6.93. The van der Waals surface area contributed by atoms with E-state index in [9.17, 15) is 18.0 Å². The van der Waals surface area contributed by atoms with Gasteiger partial charge >= 0.3 is 0 Å². The topological polar surface area (TPSA) is 110 Å². The first-order valence-corrected chi connectivity index (χ1v) is 10.8. The third-order valence-corrected chi connectivity index (χ3v) is 5.70. The van der Waals surface area contributed by atoms with Crippen LogP contribution in [-0.2, 0) is 19.6 Å². The van der Waals surface area contributed by atoms with Crippen molar-refractivity contribution in [1.82, 2.24) is 4.90 Å². The van der Waals surface area contributed by atoms with Crippen LogP contribution >= 0.6 is 0 Å². The van der Waals surface area contributed by atoms with Gasteiger partial charge < -0.3 is 10.2 Å². The van der Waals surface area contributed by atoms with Crippen molar-refractivity contribution in [2.24, 2.45) is 11.1 Å². The Morgan fingerprint density at radius 2 is 1.76 bits per heavy atom. The van der Waals surface area contributed by atoms with Crippen LogP contribution in [0.25, 0.3) is 6.08 Å². The molecule has 0 aromatic heterocycles. The van der Waals surface area contributed by atoms with E-state index in [0.29, 0.717) is 18.7 Å². The van der Waals surface area contributed by atoms with Gasteiger partial charge in [-0.3, -0.25) is 9.59 Å². The number of rotatable bonds is 5. The molecule has 1 saturated heterocycles. The molecule has 3 rings (SSSR count). The molecule has 7 nitrogen and oxygen atoms in total. The maximum absolute atomic E-state index is 12.5. The van der Waals surface area contributed by atoms with E-state index in [1.807, 2.05) is 30.3 Å². The molecular weight excluding hydrogens is 390 g/mol. The number of para-hydroxylation sites is 1. The Bertz CT molecular complexity index is 1000. The summed E-state index contributed by atoms with van der Waals surface area (Å²) in [5.41, 5.74) is 1.42. The number of benzene rings is 2. The van der Waals surface area contributed by atoms with E-state index >= 15 is 0 Å². The molecule has 152 valence electrons. The molecule has 0 bridgehead atoms. The summed E-state index contributed by atoms with van der Waals surface area (Å²) in [6.45, 7) is 0.967. The summed E-state index contributed by atoms with van der Waals surface area (Å²) < 4.78 is 22.6. The number of hydrogen-bond acceptors (Lipinski definition) is 4. The number of piperidine rings is 1. The van der Waals surface area contributed by atoms with E-state index < -0.39 is 10.0 Å². The van der Waals surface area contributed by atoms with Gasteiger partial charge in [0.25, 0.3) is 0 Å². The molecule has 1 fully saturated rings. The number of carbonyl (C=O) groups is 2. The Hall–Kier alpha value is -2.97. The minimum Gasteiger partial charge on any atom is -0.338 e. The van der Waals surface area contributed by atoms with Crippen LogP contribution in [0, 0.1) is 5.92 Å². The van der Waals surface area contributed by atoms with Crippen LogP contribution in [0.4, 0.5) is 5.69 Å². The van der Waals surface area contributed by atoms with E-state index in [4.69, 9.17) is 5.14 Å². The second kappa shape index (κ2) is 9.02. The summed E-state index contributed by atoms with van der Waals surface area (Å²) >= 11 is 0. The van der Waals surface area contributed by atoms with Gasteiger partial charge in [-0.25, -0.2) is 13.6 Å². The summed E-state index contributed by atoms with van der Waals surface area (Å²) in [7, 11) is -3.74. The highest BCUT2D eigenvalue weighted by atomic mass is 32.2. The number of primary sulfonamides is 1. The van der Waals surface area contributed by atoms with Crippen LogP contribution in [0.5, 0.6) is 0 Å². The molecule has 0 radical (unpaired) electrons. The van der Waals surface area contributed by atoms with Gasteiger partial charge in [-0.2, -0.15) is 0 Å². The molecule has 3 N–H and O–H groups in total. The van der Waals surface area contributed by atoms with Gasteiger partial charge in [0.1, 0.15) is 0 Å². The molecule has 0 saturated carbocycles. The quantitative estimate of drug-likeness (QED) is 0.733. The van der Waals surface area contributed by atoms with Gasteiger partial charge in [0.15, 0.2) is 0 Å². The molecule has 1 aliphatic heterocycles. The third kappa shape index (κ3) is 5.75. The lowest BCUT2D eigenvalue weighted by Crippen LogP contribution is -2.43. The normalized spacial score (nSPS) is 17.3. The zero-order chi connectivity index (χ0) is 20.9. The molecular formula is C21H23N3O4S. The molecule has 2 amide bonds. The average Bonchev–Trinajstić information content (AvgIpc) is 2.72. The molecule has 1 heterocycles. The molecule has 0 unspecified atom stereocenters. The first kappa shape index (κ1) is 20.8. The molecule has 0 aliphatic carbocycles. The Balaban J connectivity index is 1.59. The number of hydrogen-bond donors (Lipinski definition) is 2. The predicted molar refractivity (Wildman–Crippen MR) is 111 cm³/mol. The number of likely N-dealkylation sites (tertiary alicyclic amines) is 1. The lowest BCUT2D eigenvalue weighted by molar-refractivity contribution is -0.130. The third-order valence-electron chi connectivity index (χ3n) is 4.77. The molecule has 8 heteroatoms. The molecule has 29 heavy (non-hydrogen) atoms. The maximum atomic E-state index is 12.5. The smallest absolute Gasteiger partial charge is 0.246 e. The number of nitrogens with zero attached hydrogens (tertiary/aromatic N) is 1. The fraction of sp³-hybridized carbons (Fsp3) is 0.238. The highest BCUT2D eigenvalue weighted by Gasteiger charge is 2.27. The Labute approximate surface area is 170 Å². The fourth-order valence-corrected chi connectivity index (χ4v) is 3.71. The van der Waals surface area contributed by atoms with Crippen LogP contribution in [0.1, 0.15) is 18.4 Å². The number of anilines is 1. The van der Waals surface area contributed by atoms with Crippen LogP contribution in [-0.4, -0.2) is 38.2 Å². The SMILES string of the molecule is NS(=O)(=O)c1ccc(/C=C/C(=O)N2CCC[C@H](C(=O)Nc3ccccc3)C2)cc1. The Kier molecular flexibility index (Phi) is 6.46. The lowest BCUT2D eigenvalue weighted by atomic mass is 9.97. The number of amides is 2. The van der Waals surface area contributed by atoms with Crippen molar-refractivity contribution < 1.29 is 18.0 Å². The highest BCUT2D eigenvalue weighted by Crippen LogP contribution is 2.19. The van der Waals surface area contributed by atoms with Gasteiger partial charge in [-0.15, -0.1) is 0 Å². The van der Waals surface area contributed by atoms with E-state index in [0.717, 1.165) is 18.5 Å². The molecule has 2 aromatic carbocycles. The number of nitrogens with two attached hydrogens (primary N) is 1. The van der Waals surface area contributed by atoms with Crippen molar-refractivity contribution in [1.29, 1.82) is 0 Å². The Morgan fingerprint density at radius 3 is 2.41 bits per heavy atom. The second-order valence-corrected chi connectivity index (χ2v) is 8.49. The molecule has 1 atom stereocenters. The van der Waals surface area contributed by atoms with E-state index in [2.05, 4.69) is 5.32 Å². The van der Waals surface area contributed by atoms with Crippen molar-refractivity contribution in [3.05, 3.63) is 66.2 Å². The summed E-state index contributed by atoms with van der Waals surface area (Å²) in [6.07, 6.45) is 4.54. The average molecular weight is 413 g/mol. The van der Waals surface area contributed by atoms with E-state index in [1.165, 1.54) is 18.2 Å². The monoisotopic (exact) mass is 413 g/mol. The van der Waals surface area contributed by atoms with Crippen LogP contribution in [0.2, 0.25) is 0 Å². The summed E-state index contributed by atoms with van der Waals surface area (Å²) in [5, 5.41) is 7.97. The molecule has 0 spiro atoms. The standard InChI is InChI=1S/C21H23N3O4S/c22-29(27,28)19-11-8-16(9-12-19)10-13-20(25)24-14-4-5-17(15-24)21(26)23-18-6-2-1-3-7-18/h1-3,6-13,17H,4-5,14-15H2,(H,23,26)(H2,22,27,28)/b13-10+/t17-/m0/s1. The number of carbonyl (C=O) groups excluding carboxylic acids is 2. The first-order valence-electron chi connectivity index (χ1n) is 9.29. The minimum absolute atomic E-state index is 0.0178. The fourth-order valence-electron chi connectivity index (χ4n) is 3.20. The van der Waals surface area contributed by atoms with Gasteiger partial charge in [-0.05, 0) is 48.7 Å². The molecule has 2 aromatic rings. The summed E-state index contributed by atoms with van der Waals surface area (Å²) in [5.74, 6) is -0.524. The van der Waals surface area contributed by atoms with Gasteiger partial charge in [0.05, 0.1) is 10.8 Å². The Morgan fingerprint density at radius 1 is 1.07 bits per heavy atom. The zero-order valence-corrected chi connectivity index (χ0v) is 16.6. The van der Waals surface area contributed by atoms with Crippen molar-refractivity contribution in [3.8, 4) is 0 Å². The van der Waals surface area contributed by atoms with Crippen molar-refractivity contribution in [2.45, 2.75) is 17.7 Å². The van der Waals surface area contributed by atoms with E-state index in [1.54, 1.807) is 23.1 Å². The van der Waals surface area contributed by atoms with Gasteiger partial charge in [-0.1, -0.05) is 30.3 Å². The van der Waals surface area contributed by atoms with Crippen molar-refractivity contribution in [3.63, 3.8) is 0 Å². The minimum atomic E-state index is -3.74. The maximum Gasteiger partial charge on any atom is 0.246 e. The summed E-state index contributed by atoms with van der Waals surface area (Å²) in [6, 6.07) is 15.2.